The summed E-state index contributed by atoms with van der Waals surface area (Å²) in [5, 5.41) is 8.93. The number of piperidine rings is 1. The van der Waals surface area contributed by atoms with Crippen molar-refractivity contribution in [2.24, 2.45) is 11.8 Å². The predicted octanol–water partition coefficient (Wildman–Crippen LogP) is 0.949. The molecule has 2 heterocycles. The van der Waals surface area contributed by atoms with Crippen LogP contribution >= 0.6 is 0 Å². The van der Waals surface area contributed by atoms with Crippen LogP contribution in [0.4, 0.5) is 0 Å². The maximum absolute atomic E-state index is 12.2. The first kappa shape index (κ1) is 13.8. The summed E-state index contributed by atoms with van der Waals surface area (Å²) in [7, 11) is 0. The Kier molecular flexibility index (Phi) is 5.01. The molecule has 4 nitrogen and oxygen atoms in total. The lowest BCUT2D eigenvalue weighted by Gasteiger charge is -2.31. The van der Waals surface area contributed by atoms with Crippen molar-refractivity contribution in [1.82, 2.24) is 9.80 Å². The lowest BCUT2D eigenvalue weighted by Crippen LogP contribution is -2.43. The molecule has 0 radical (unpaired) electrons. The fourth-order valence-electron chi connectivity index (χ4n) is 3.02. The van der Waals surface area contributed by atoms with Crippen LogP contribution in [-0.4, -0.2) is 60.1 Å². The van der Waals surface area contributed by atoms with Crippen LogP contribution in [0, 0.1) is 11.8 Å². The van der Waals surface area contributed by atoms with Crippen LogP contribution in [0.2, 0.25) is 0 Å². The van der Waals surface area contributed by atoms with Gasteiger partial charge in [0.2, 0.25) is 5.91 Å². The van der Waals surface area contributed by atoms with Gasteiger partial charge in [-0.15, -0.1) is 0 Å². The van der Waals surface area contributed by atoms with Crippen LogP contribution in [0.3, 0.4) is 0 Å². The number of nitrogens with zero attached hydrogens (tertiary/aromatic N) is 2. The van der Waals surface area contributed by atoms with Gasteiger partial charge in [0, 0.05) is 26.2 Å². The van der Waals surface area contributed by atoms with E-state index in [0.717, 1.165) is 57.8 Å². The zero-order valence-electron chi connectivity index (χ0n) is 11.5. The highest BCUT2D eigenvalue weighted by molar-refractivity contribution is 5.78. The van der Waals surface area contributed by atoms with Crippen molar-refractivity contribution in [3.63, 3.8) is 0 Å². The van der Waals surface area contributed by atoms with E-state index in [-0.39, 0.29) is 6.61 Å². The number of aliphatic hydroxyl groups is 1. The van der Waals surface area contributed by atoms with Crippen LogP contribution in [0.1, 0.15) is 32.6 Å². The first-order valence-electron chi connectivity index (χ1n) is 7.30. The van der Waals surface area contributed by atoms with E-state index in [9.17, 15) is 4.79 Å². The van der Waals surface area contributed by atoms with Crippen LogP contribution in [-0.2, 0) is 4.79 Å². The molecular weight excluding hydrogens is 228 g/mol. The standard InChI is InChI=1S/C14H26N2O2/c1-12-2-7-16(8-3-12)14(18)11-15-6-4-13(10-15)5-9-17/h12-13,17H,2-11H2,1H3. The lowest BCUT2D eigenvalue weighted by molar-refractivity contribution is -0.133. The molecule has 1 unspecified atom stereocenters. The fourth-order valence-corrected chi connectivity index (χ4v) is 3.02. The van der Waals surface area contributed by atoms with Gasteiger partial charge in [-0.05, 0) is 44.1 Å². The zero-order chi connectivity index (χ0) is 13.0. The molecule has 0 aromatic rings. The Balaban J connectivity index is 1.71. The Morgan fingerprint density at radius 1 is 1.22 bits per heavy atom. The predicted molar refractivity (Wildman–Crippen MR) is 71.2 cm³/mol. The summed E-state index contributed by atoms with van der Waals surface area (Å²) in [4.78, 5) is 16.4. The molecule has 104 valence electrons. The van der Waals surface area contributed by atoms with Crippen molar-refractivity contribution in [3.8, 4) is 0 Å². The molecular formula is C14H26N2O2. The van der Waals surface area contributed by atoms with E-state index in [2.05, 4.69) is 11.8 Å². The highest BCUT2D eigenvalue weighted by Crippen LogP contribution is 2.20. The minimum Gasteiger partial charge on any atom is -0.396 e. The molecule has 0 aromatic heterocycles. The summed E-state index contributed by atoms with van der Waals surface area (Å²) >= 11 is 0. The number of hydrogen-bond acceptors (Lipinski definition) is 3. The summed E-state index contributed by atoms with van der Waals surface area (Å²) in [5.74, 6) is 1.66. The largest absolute Gasteiger partial charge is 0.396 e. The SMILES string of the molecule is CC1CCN(C(=O)CN2CCC(CCO)C2)CC1. The van der Waals surface area contributed by atoms with Gasteiger partial charge in [-0.3, -0.25) is 9.69 Å². The normalized spacial score (nSPS) is 26.8. The molecule has 0 spiro atoms. The molecule has 1 atom stereocenters. The van der Waals surface area contributed by atoms with Crippen LogP contribution in [0.5, 0.6) is 0 Å². The lowest BCUT2D eigenvalue weighted by atomic mass is 9.99. The van der Waals surface area contributed by atoms with E-state index < -0.39 is 0 Å². The molecule has 2 aliphatic rings. The van der Waals surface area contributed by atoms with E-state index in [4.69, 9.17) is 5.11 Å². The number of likely N-dealkylation sites (tertiary alicyclic amines) is 2. The molecule has 2 saturated heterocycles. The molecule has 0 bridgehead atoms. The van der Waals surface area contributed by atoms with Gasteiger partial charge in [-0.1, -0.05) is 6.92 Å². The summed E-state index contributed by atoms with van der Waals surface area (Å²) in [6, 6.07) is 0. The second-order valence-corrected chi connectivity index (χ2v) is 5.97. The Hall–Kier alpha value is -0.610. The number of hydrogen-bond donors (Lipinski definition) is 1. The van der Waals surface area contributed by atoms with Crippen molar-refractivity contribution >= 4 is 5.91 Å². The zero-order valence-corrected chi connectivity index (χ0v) is 11.5. The van der Waals surface area contributed by atoms with Crippen molar-refractivity contribution in [2.45, 2.75) is 32.6 Å². The second-order valence-electron chi connectivity index (χ2n) is 5.97. The highest BCUT2D eigenvalue weighted by Gasteiger charge is 2.26. The Morgan fingerprint density at radius 3 is 2.61 bits per heavy atom. The van der Waals surface area contributed by atoms with Crippen LogP contribution < -0.4 is 0 Å². The second kappa shape index (κ2) is 6.53. The third kappa shape index (κ3) is 3.69. The first-order valence-corrected chi connectivity index (χ1v) is 7.30. The Morgan fingerprint density at radius 2 is 1.94 bits per heavy atom. The third-order valence-corrected chi connectivity index (χ3v) is 4.40. The van der Waals surface area contributed by atoms with Crippen molar-refractivity contribution in [1.29, 1.82) is 0 Å². The maximum atomic E-state index is 12.2. The molecule has 1 amide bonds. The summed E-state index contributed by atoms with van der Waals surface area (Å²) in [6.07, 6.45) is 4.31. The van der Waals surface area contributed by atoms with Gasteiger partial charge in [0.1, 0.15) is 0 Å². The van der Waals surface area contributed by atoms with Gasteiger partial charge in [-0.2, -0.15) is 0 Å². The molecule has 4 heteroatoms. The van der Waals surface area contributed by atoms with Crippen molar-refractivity contribution < 1.29 is 9.90 Å². The minimum absolute atomic E-state index is 0.274. The molecule has 0 aliphatic carbocycles. The molecule has 18 heavy (non-hydrogen) atoms. The number of carbonyl (C=O) groups excluding carboxylic acids is 1. The van der Waals surface area contributed by atoms with Crippen molar-refractivity contribution in [2.75, 3.05) is 39.3 Å². The number of aliphatic hydroxyl groups excluding tert-OH is 1. The minimum atomic E-state index is 0.274. The quantitative estimate of drug-likeness (QED) is 0.812. The number of amides is 1. The average molecular weight is 254 g/mol. The van der Waals surface area contributed by atoms with E-state index in [1.807, 2.05) is 4.90 Å². The molecule has 0 aromatic carbocycles. The Bertz CT molecular complexity index is 275. The third-order valence-electron chi connectivity index (χ3n) is 4.40. The summed E-state index contributed by atoms with van der Waals surface area (Å²) in [5.41, 5.74) is 0. The first-order chi connectivity index (χ1) is 8.69. The van der Waals surface area contributed by atoms with Gasteiger partial charge in [0.25, 0.3) is 0 Å². The van der Waals surface area contributed by atoms with E-state index in [0.29, 0.717) is 18.4 Å². The van der Waals surface area contributed by atoms with Gasteiger partial charge in [-0.25, -0.2) is 0 Å². The number of rotatable bonds is 4. The van der Waals surface area contributed by atoms with Gasteiger partial charge in [0.15, 0.2) is 0 Å². The van der Waals surface area contributed by atoms with E-state index >= 15 is 0 Å². The average Bonchev–Trinajstić information content (AvgIpc) is 2.78. The smallest absolute Gasteiger partial charge is 0.236 e. The Labute approximate surface area is 110 Å². The van der Waals surface area contributed by atoms with Crippen LogP contribution in [0.15, 0.2) is 0 Å². The maximum Gasteiger partial charge on any atom is 0.236 e. The van der Waals surface area contributed by atoms with Crippen LogP contribution in [0.25, 0.3) is 0 Å². The summed E-state index contributed by atoms with van der Waals surface area (Å²) < 4.78 is 0. The number of carbonyl (C=O) groups is 1. The van der Waals surface area contributed by atoms with Gasteiger partial charge in [0.05, 0.1) is 6.54 Å². The van der Waals surface area contributed by atoms with Crippen molar-refractivity contribution in [3.05, 3.63) is 0 Å². The van der Waals surface area contributed by atoms with Gasteiger partial charge >= 0.3 is 0 Å². The molecule has 0 saturated carbocycles. The fraction of sp³-hybridized carbons (Fsp3) is 0.929. The molecule has 2 fully saturated rings. The van der Waals surface area contributed by atoms with E-state index in [1.54, 1.807) is 0 Å². The highest BCUT2D eigenvalue weighted by atomic mass is 16.3. The van der Waals surface area contributed by atoms with Gasteiger partial charge < -0.3 is 10.0 Å². The topological polar surface area (TPSA) is 43.8 Å². The monoisotopic (exact) mass is 254 g/mol. The van der Waals surface area contributed by atoms with E-state index in [1.165, 1.54) is 0 Å². The molecule has 2 aliphatic heterocycles. The summed E-state index contributed by atoms with van der Waals surface area (Å²) in [6.45, 7) is 6.99. The molecule has 1 N–H and O–H groups in total. The molecule has 2 rings (SSSR count).